The Labute approximate surface area is 222 Å². The van der Waals surface area contributed by atoms with E-state index in [1.807, 2.05) is 44.5 Å². The Morgan fingerprint density at radius 3 is 2.77 bits per heavy atom. The summed E-state index contributed by atoms with van der Waals surface area (Å²) in [6, 6.07) is 8.56. The molecule has 0 spiro atoms. The van der Waals surface area contributed by atoms with Crippen LogP contribution in [0.1, 0.15) is 18.4 Å². The van der Waals surface area contributed by atoms with Crippen LogP contribution in [0, 0.1) is 11.7 Å². The SMILES string of the molecule is O=C(N1CCC(CO)CC1)N1CCn2cc(-c3[nH][nH]c(=O)c3-c3cnc4ccccn34)c3cc(F)cc(c32)C1. The van der Waals surface area contributed by atoms with Gasteiger partial charge in [0.15, 0.2) is 0 Å². The number of aromatic nitrogens is 5. The minimum atomic E-state index is -0.399. The lowest BCUT2D eigenvalue weighted by Gasteiger charge is -2.35. The molecule has 0 unspecified atom stereocenters. The summed E-state index contributed by atoms with van der Waals surface area (Å²) in [7, 11) is 0. The van der Waals surface area contributed by atoms with Gasteiger partial charge in [-0.15, -0.1) is 0 Å². The molecule has 11 heteroatoms. The molecule has 3 N–H and O–H groups in total. The van der Waals surface area contributed by atoms with E-state index in [0.29, 0.717) is 60.6 Å². The van der Waals surface area contributed by atoms with Crippen LogP contribution in [-0.4, -0.2) is 71.3 Å². The van der Waals surface area contributed by atoms with Crippen LogP contribution >= 0.6 is 0 Å². The van der Waals surface area contributed by atoms with Crippen LogP contribution in [0.15, 0.2) is 53.7 Å². The minimum Gasteiger partial charge on any atom is -0.396 e. The fraction of sp³-hybridized carbons (Fsp3) is 0.321. The summed E-state index contributed by atoms with van der Waals surface area (Å²) < 4.78 is 19.0. The average Bonchev–Trinajstić information content (AvgIpc) is 3.61. The first-order valence-corrected chi connectivity index (χ1v) is 13.2. The van der Waals surface area contributed by atoms with Gasteiger partial charge >= 0.3 is 6.03 Å². The number of hydrogen-bond donors (Lipinski definition) is 3. The molecule has 0 bridgehead atoms. The zero-order valence-electron chi connectivity index (χ0n) is 21.2. The monoisotopic (exact) mass is 529 g/mol. The van der Waals surface area contributed by atoms with Crippen molar-refractivity contribution in [2.75, 3.05) is 26.2 Å². The van der Waals surface area contributed by atoms with Gasteiger partial charge in [-0.2, -0.15) is 0 Å². The number of aliphatic hydroxyl groups excluding tert-OH is 1. The molecule has 0 saturated carbocycles. The summed E-state index contributed by atoms with van der Waals surface area (Å²) in [5.74, 6) is -0.158. The van der Waals surface area contributed by atoms with Crippen LogP contribution in [0.5, 0.6) is 0 Å². The molecule has 1 fully saturated rings. The maximum Gasteiger partial charge on any atom is 0.320 e. The highest BCUT2D eigenvalue weighted by molar-refractivity contribution is 6.00. The number of pyridine rings is 1. The second-order valence-corrected chi connectivity index (χ2v) is 10.4. The van der Waals surface area contributed by atoms with E-state index in [1.54, 1.807) is 11.1 Å². The number of nitrogens with one attached hydrogen (secondary N) is 2. The molecule has 2 aliphatic heterocycles. The summed E-state index contributed by atoms with van der Waals surface area (Å²) in [5, 5.41) is 15.8. The number of fused-ring (bicyclic) bond motifs is 1. The molecule has 0 radical (unpaired) electrons. The molecule has 6 heterocycles. The van der Waals surface area contributed by atoms with E-state index in [1.165, 1.54) is 12.1 Å². The number of aromatic amines is 2. The van der Waals surface area contributed by atoms with Gasteiger partial charge in [0.25, 0.3) is 5.56 Å². The number of piperidine rings is 1. The predicted octanol–water partition coefficient (Wildman–Crippen LogP) is 3.42. The predicted molar refractivity (Wildman–Crippen MR) is 144 cm³/mol. The maximum absolute atomic E-state index is 15.1. The summed E-state index contributed by atoms with van der Waals surface area (Å²) in [6.45, 7) is 2.68. The minimum absolute atomic E-state index is 0.0559. The van der Waals surface area contributed by atoms with Crippen molar-refractivity contribution in [3.8, 4) is 22.5 Å². The second-order valence-electron chi connectivity index (χ2n) is 10.4. The van der Waals surface area contributed by atoms with Crippen LogP contribution in [0.3, 0.4) is 0 Å². The Bertz CT molecular complexity index is 1770. The molecule has 0 aliphatic carbocycles. The molecule has 0 atom stereocenters. The topological polar surface area (TPSA) is 115 Å². The van der Waals surface area contributed by atoms with Gasteiger partial charge in [0.1, 0.15) is 11.5 Å². The number of aliphatic hydroxyl groups is 1. The highest BCUT2D eigenvalue weighted by Gasteiger charge is 2.30. The third-order valence-electron chi connectivity index (χ3n) is 8.12. The average molecular weight is 530 g/mol. The van der Waals surface area contributed by atoms with Gasteiger partial charge in [0.2, 0.25) is 0 Å². The zero-order valence-corrected chi connectivity index (χ0v) is 21.2. The van der Waals surface area contributed by atoms with Crippen LogP contribution in [0.25, 0.3) is 39.1 Å². The van der Waals surface area contributed by atoms with Crippen LogP contribution < -0.4 is 5.56 Å². The smallest absolute Gasteiger partial charge is 0.320 e. The Balaban J connectivity index is 1.29. The first-order valence-electron chi connectivity index (χ1n) is 13.2. The molecule has 2 amide bonds. The number of urea groups is 1. The Morgan fingerprint density at radius 1 is 1.10 bits per heavy atom. The Hall–Kier alpha value is -4.38. The molecular formula is C28H28FN7O3. The van der Waals surface area contributed by atoms with Gasteiger partial charge in [-0.25, -0.2) is 14.2 Å². The number of carbonyl (C=O) groups excluding carboxylic acids is 1. The first kappa shape index (κ1) is 23.7. The number of likely N-dealkylation sites (tertiary alicyclic amines) is 1. The largest absolute Gasteiger partial charge is 0.396 e. The van der Waals surface area contributed by atoms with Crippen molar-refractivity contribution >= 4 is 22.6 Å². The summed E-state index contributed by atoms with van der Waals surface area (Å²) >= 11 is 0. The van der Waals surface area contributed by atoms with Crippen LogP contribution in [-0.2, 0) is 13.1 Å². The molecule has 200 valence electrons. The highest BCUT2D eigenvalue weighted by Crippen LogP contribution is 2.37. The third-order valence-corrected chi connectivity index (χ3v) is 8.12. The van der Waals surface area contributed by atoms with Crippen molar-refractivity contribution in [2.24, 2.45) is 5.92 Å². The van der Waals surface area contributed by atoms with Crippen molar-refractivity contribution < 1.29 is 14.3 Å². The van der Waals surface area contributed by atoms with E-state index in [2.05, 4.69) is 15.2 Å². The van der Waals surface area contributed by atoms with Gasteiger partial charge in [0.05, 0.1) is 28.7 Å². The van der Waals surface area contributed by atoms with Crippen molar-refractivity contribution in [1.29, 1.82) is 0 Å². The fourth-order valence-electron chi connectivity index (χ4n) is 6.09. The number of halogens is 1. The summed E-state index contributed by atoms with van der Waals surface area (Å²) in [4.78, 5) is 34.4. The van der Waals surface area contributed by atoms with E-state index < -0.39 is 5.82 Å². The Kier molecular flexibility index (Phi) is 5.55. The van der Waals surface area contributed by atoms with E-state index in [0.717, 1.165) is 29.6 Å². The molecule has 1 aromatic carbocycles. The second kappa shape index (κ2) is 9.12. The number of nitrogens with zero attached hydrogens (tertiary/aromatic N) is 5. The lowest BCUT2D eigenvalue weighted by atomic mass is 9.98. The number of imidazole rings is 1. The van der Waals surface area contributed by atoms with Crippen molar-refractivity contribution in [2.45, 2.75) is 25.9 Å². The van der Waals surface area contributed by atoms with Crippen LogP contribution in [0.2, 0.25) is 0 Å². The summed E-state index contributed by atoms with van der Waals surface area (Å²) in [6.07, 6.45) is 7.02. The zero-order chi connectivity index (χ0) is 26.7. The number of H-pyrrole nitrogens is 2. The lowest BCUT2D eigenvalue weighted by molar-refractivity contribution is 0.112. The van der Waals surface area contributed by atoms with Gasteiger partial charge < -0.3 is 19.5 Å². The highest BCUT2D eigenvalue weighted by atomic mass is 19.1. The maximum atomic E-state index is 15.1. The molecule has 39 heavy (non-hydrogen) atoms. The number of benzene rings is 1. The van der Waals surface area contributed by atoms with Crippen LogP contribution in [0.4, 0.5) is 9.18 Å². The van der Waals surface area contributed by atoms with Gasteiger partial charge in [-0.1, -0.05) is 6.07 Å². The van der Waals surface area contributed by atoms with Gasteiger partial charge in [0, 0.05) is 62.7 Å². The van der Waals surface area contributed by atoms with Gasteiger partial charge in [-0.3, -0.25) is 19.4 Å². The fourth-order valence-corrected chi connectivity index (χ4v) is 6.09. The van der Waals surface area contributed by atoms with E-state index >= 15 is 4.39 Å². The molecule has 10 nitrogen and oxygen atoms in total. The lowest BCUT2D eigenvalue weighted by Crippen LogP contribution is -2.47. The van der Waals surface area contributed by atoms with E-state index in [-0.39, 0.29) is 24.1 Å². The van der Waals surface area contributed by atoms with Crippen molar-refractivity contribution in [3.63, 3.8) is 0 Å². The molecular weight excluding hydrogens is 501 g/mol. The molecule has 1 saturated heterocycles. The van der Waals surface area contributed by atoms with Crippen molar-refractivity contribution in [1.82, 2.24) is 33.9 Å². The normalized spacial score (nSPS) is 16.4. The molecule has 7 rings (SSSR count). The Morgan fingerprint density at radius 2 is 1.95 bits per heavy atom. The quantitative estimate of drug-likeness (QED) is 0.332. The third kappa shape index (κ3) is 3.84. The number of carbonyl (C=O) groups is 1. The standard InChI is InChI=1S/C28H28FN7O3/c29-19-11-18-14-35(28(39)33-7-4-17(16-37)5-8-33)10-9-34-15-21(20(12-19)26(18)34)25-24(27(38)32-31-25)22-13-30-23-3-1-2-6-36(22)23/h1-3,6,11-13,15,17,37H,4-5,7-10,14,16H2,(H2,31,32,38). The molecule has 2 aliphatic rings. The van der Waals surface area contributed by atoms with E-state index in [4.69, 9.17) is 0 Å². The van der Waals surface area contributed by atoms with Gasteiger partial charge in [-0.05, 0) is 48.6 Å². The van der Waals surface area contributed by atoms with E-state index in [9.17, 15) is 14.7 Å². The number of hydrogen-bond acceptors (Lipinski definition) is 4. The number of rotatable bonds is 3. The summed E-state index contributed by atoms with van der Waals surface area (Å²) in [5.41, 5.74) is 4.33. The number of amides is 2. The first-order chi connectivity index (χ1) is 19.0. The molecule has 5 aromatic rings. The molecule has 4 aromatic heterocycles. The van der Waals surface area contributed by atoms with Crippen molar-refractivity contribution in [3.05, 3.63) is 70.7 Å².